The maximum Gasteiger partial charge on any atom is 0.199 e. The molecule has 0 bridgehead atoms. The summed E-state index contributed by atoms with van der Waals surface area (Å²) in [5, 5.41) is 0. The molecule has 0 spiro atoms. The lowest BCUT2D eigenvalue weighted by molar-refractivity contribution is 0.552. The molecule has 0 aromatic rings. The Bertz CT molecular complexity index is 28.1. The molecule has 0 rings (SSSR count). The zero-order chi connectivity index (χ0) is 4.12. The van der Waals surface area contributed by atoms with Crippen LogP contribution in [-0.2, 0) is 4.79 Å². The van der Waals surface area contributed by atoms with Crippen molar-refractivity contribution in [3.05, 3.63) is 0 Å². The minimum atomic E-state index is 0.361. The number of rotatable bonds is 2. The summed E-state index contributed by atoms with van der Waals surface area (Å²) in [6.45, 7) is 0.420. The van der Waals surface area contributed by atoms with Gasteiger partial charge in [0.15, 0.2) is 6.29 Å². The zero-order valence-corrected chi connectivity index (χ0v) is 2.90. The smallest absolute Gasteiger partial charge is 0.199 e. The molecule has 0 fully saturated rings. The highest BCUT2D eigenvalue weighted by Gasteiger charge is 1.68. The third-order valence-electron chi connectivity index (χ3n) is 0.246. The first kappa shape index (κ1) is 4.63. The number of carbonyl (C=O) groups excluding carboxylic acids is 1. The minimum Gasteiger partial charge on any atom is -0.330 e. The van der Waals surface area contributed by atoms with Gasteiger partial charge >= 0.3 is 0 Å². The second kappa shape index (κ2) is 3.63. The lowest BCUT2D eigenvalue weighted by Crippen LogP contribution is -1.97. The third-order valence-corrected chi connectivity index (χ3v) is 0.246. The van der Waals surface area contributed by atoms with Gasteiger partial charge in [-0.3, -0.25) is 4.79 Å². The van der Waals surface area contributed by atoms with Crippen LogP contribution in [0.15, 0.2) is 0 Å². The summed E-state index contributed by atoms with van der Waals surface area (Å²) in [5.74, 6) is 0. The van der Waals surface area contributed by atoms with Crippen molar-refractivity contribution in [3.8, 4) is 0 Å². The van der Waals surface area contributed by atoms with Gasteiger partial charge in [0.25, 0.3) is 0 Å². The van der Waals surface area contributed by atoms with E-state index in [-0.39, 0.29) is 0 Å². The van der Waals surface area contributed by atoms with Crippen LogP contribution in [0.3, 0.4) is 0 Å². The summed E-state index contributed by atoms with van der Waals surface area (Å²) in [4.78, 5) is 9.20. The highest BCUT2D eigenvalue weighted by molar-refractivity contribution is 5.50. The van der Waals surface area contributed by atoms with Crippen LogP contribution < -0.4 is 5.73 Å². The monoisotopic (exact) mass is 72.0 g/mol. The molecule has 0 aromatic carbocycles. The van der Waals surface area contributed by atoms with Crippen LogP contribution in [0.4, 0.5) is 0 Å². The van der Waals surface area contributed by atoms with Crippen molar-refractivity contribution in [1.82, 2.24) is 0 Å². The predicted molar refractivity (Wildman–Crippen MR) is 19.4 cm³/mol. The van der Waals surface area contributed by atoms with Crippen molar-refractivity contribution in [2.75, 3.05) is 6.54 Å². The van der Waals surface area contributed by atoms with Gasteiger partial charge < -0.3 is 5.73 Å². The lowest BCUT2D eigenvalue weighted by atomic mass is 10.5. The summed E-state index contributed by atoms with van der Waals surface area (Å²) in [5.41, 5.74) is 4.88. The van der Waals surface area contributed by atoms with Crippen molar-refractivity contribution in [2.24, 2.45) is 5.73 Å². The van der Waals surface area contributed by atoms with Crippen molar-refractivity contribution in [1.29, 1.82) is 0 Å². The zero-order valence-electron chi connectivity index (χ0n) is 2.90. The fourth-order valence-corrected chi connectivity index (χ4v) is 0.0589. The molecule has 0 aliphatic carbocycles. The third kappa shape index (κ3) is 3.63. The molecule has 0 heterocycles. The minimum absolute atomic E-state index is 0.361. The normalized spacial score (nSPS) is 7.40. The van der Waals surface area contributed by atoms with Crippen LogP contribution >= 0.6 is 0 Å². The van der Waals surface area contributed by atoms with Crippen LogP contribution in [0.25, 0.3) is 0 Å². The first-order valence-corrected chi connectivity index (χ1v) is 1.47. The topological polar surface area (TPSA) is 43.1 Å². The van der Waals surface area contributed by atoms with Crippen LogP contribution in [0.2, 0.25) is 0 Å². The molecule has 1 radical (unpaired) electrons. The SMILES string of the molecule is NCC[C]=O. The molecule has 0 saturated carbocycles. The first-order chi connectivity index (χ1) is 2.41. The number of hydrogen-bond acceptors (Lipinski definition) is 2. The molecule has 0 aliphatic heterocycles. The Morgan fingerprint density at radius 1 is 1.80 bits per heavy atom. The molecule has 2 N–H and O–H groups in total. The van der Waals surface area contributed by atoms with Crippen LogP contribution in [-0.4, -0.2) is 12.8 Å². The Labute approximate surface area is 31.0 Å². The van der Waals surface area contributed by atoms with Crippen LogP contribution in [0, 0.1) is 0 Å². The van der Waals surface area contributed by atoms with Gasteiger partial charge in [0.05, 0.1) is 0 Å². The molecule has 0 saturated heterocycles. The van der Waals surface area contributed by atoms with Gasteiger partial charge in [0.1, 0.15) is 0 Å². The van der Waals surface area contributed by atoms with E-state index in [0.29, 0.717) is 13.0 Å². The molecule has 5 heavy (non-hydrogen) atoms. The van der Waals surface area contributed by atoms with Gasteiger partial charge in [-0.15, -0.1) is 0 Å². The van der Waals surface area contributed by atoms with E-state index in [1.54, 1.807) is 6.29 Å². The summed E-state index contributed by atoms with van der Waals surface area (Å²) in [7, 11) is 0. The van der Waals surface area contributed by atoms with E-state index in [0.717, 1.165) is 0 Å². The Morgan fingerprint density at radius 2 is 2.40 bits per heavy atom. The van der Waals surface area contributed by atoms with Gasteiger partial charge in [0, 0.05) is 6.42 Å². The van der Waals surface area contributed by atoms with Crippen molar-refractivity contribution < 1.29 is 4.79 Å². The fraction of sp³-hybridized carbons (Fsp3) is 0.667. The van der Waals surface area contributed by atoms with E-state index in [2.05, 4.69) is 0 Å². The summed E-state index contributed by atoms with van der Waals surface area (Å²) in [6, 6.07) is 0. The molecule has 0 amide bonds. The van der Waals surface area contributed by atoms with Gasteiger partial charge in [-0.2, -0.15) is 0 Å². The molecule has 0 aromatic heterocycles. The van der Waals surface area contributed by atoms with E-state index < -0.39 is 0 Å². The molecule has 0 unspecified atom stereocenters. The van der Waals surface area contributed by atoms with Gasteiger partial charge in [0.2, 0.25) is 0 Å². The van der Waals surface area contributed by atoms with Crippen LogP contribution in [0.1, 0.15) is 6.42 Å². The van der Waals surface area contributed by atoms with E-state index in [4.69, 9.17) is 5.73 Å². The fourth-order valence-electron chi connectivity index (χ4n) is 0.0589. The van der Waals surface area contributed by atoms with Gasteiger partial charge in [-0.05, 0) is 6.54 Å². The lowest BCUT2D eigenvalue weighted by Gasteiger charge is -1.68. The highest BCUT2D eigenvalue weighted by atomic mass is 16.1. The summed E-state index contributed by atoms with van der Waals surface area (Å²) in [6.07, 6.45) is 2.00. The summed E-state index contributed by atoms with van der Waals surface area (Å²) < 4.78 is 0. The molecular formula is C3H6NO. The average molecular weight is 72.1 g/mol. The van der Waals surface area contributed by atoms with E-state index in [9.17, 15) is 4.79 Å². The Morgan fingerprint density at radius 3 is 2.40 bits per heavy atom. The molecule has 29 valence electrons. The largest absolute Gasteiger partial charge is 0.330 e. The predicted octanol–water partition coefficient (Wildman–Crippen LogP) is -0.555. The quantitative estimate of drug-likeness (QED) is 0.475. The van der Waals surface area contributed by atoms with Gasteiger partial charge in [-0.25, -0.2) is 0 Å². The molecule has 2 nitrogen and oxygen atoms in total. The second-order valence-electron chi connectivity index (χ2n) is 0.683. The highest BCUT2D eigenvalue weighted by Crippen LogP contribution is 1.54. The molecule has 2 heteroatoms. The Kier molecular flexibility index (Phi) is 3.36. The Hall–Kier alpha value is -0.370. The van der Waals surface area contributed by atoms with Crippen molar-refractivity contribution in [3.63, 3.8) is 0 Å². The summed E-state index contributed by atoms with van der Waals surface area (Å²) >= 11 is 0. The Balaban J connectivity index is 2.40. The average Bonchev–Trinajstić information content (AvgIpc) is 1.41. The van der Waals surface area contributed by atoms with E-state index >= 15 is 0 Å². The molecule has 0 aliphatic rings. The molecular weight excluding hydrogens is 66.0 g/mol. The van der Waals surface area contributed by atoms with Gasteiger partial charge in [-0.1, -0.05) is 0 Å². The maximum absolute atomic E-state index is 9.20. The standard InChI is InChI=1S/C3H6NO/c4-2-1-3-5/h1-2,4H2. The van der Waals surface area contributed by atoms with Crippen molar-refractivity contribution >= 4 is 6.29 Å². The maximum atomic E-state index is 9.20. The number of hydrogen-bond donors (Lipinski definition) is 1. The van der Waals surface area contributed by atoms with Crippen LogP contribution in [0.5, 0.6) is 0 Å². The van der Waals surface area contributed by atoms with Crippen molar-refractivity contribution in [2.45, 2.75) is 6.42 Å². The van der Waals surface area contributed by atoms with E-state index in [1.807, 2.05) is 0 Å². The molecule has 0 atom stereocenters. The first-order valence-electron chi connectivity index (χ1n) is 1.47. The van der Waals surface area contributed by atoms with E-state index in [1.165, 1.54) is 0 Å². The second-order valence-corrected chi connectivity index (χ2v) is 0.683. The number of nitrogens with two attached hydrogens (primary N) is 1.